The van der Waals surface area contributed by atoms with Crippen molar-refractivity contribution >= 4 is 0 Å². The summed E-state index contributed by atoms with van der Waals surface area (Å²) < 4.78 is 10.7. The minimum atomic E-state index is 0.754. The second-order valence-corrected chi connectivity index (χ2v) is 4.55. The molecule has 118 valence electrons. The van der Waals surface area contributed by atoms with Gasteiger partial charge >= 0.3 is 0 Å². The topological polar surface area (TPSA) is 21.7 Å². The van der Waals surface area contributed by atoms with E-state index in [0.29, 0.717) is 0 Å². The van der Waals surface area contributed by atoms with E-state index < -0.39 is 0 Å². The summed E-state index contributed by atoms with van der Waals surface area (Å²) in [5.41, 5.74) is 0. The second-order valence-electron chi connectivity index (χ2n) is 4.55. The Morgan fingerprint density at radius 1 is 0.579 bits per heavy atom. The number of hydrogen-bond acceptors (Lipinski definition) is 3. The Labute approximate surface area is 121 Å². The van der Waals surface area contributed by atoms with Crippen LogP contribution >= 0.6 is 0 Å². The van der Waals surface area contributed by atoms with E-state index in [1.807, 2.05) is 0 Å². The fourth-order valence-corrected chi connectivity index (χ4v) is 1.49. The van der Waals surface area contributed by atoms with E-state index in [-0.39, 0.29) is 0 Å². The van der Waals surface area contributed by atoms with E-state index in [0.717, 1.165) is 39.3 Å². The lowest BCUT2D eigenvalue weighted by atomic mass is 10.4. The molecule has 3 heteroatoms. The van der Waals surface area contributed by atoms with Crippen LogP contribution in [0.25, 0.3) is 0 Å². The number of nitrogens with zero attached hydrogens (tertiary/aromatic N) is 1. The Balaban J connectivity index is 0. The molecule has 0 aromatic carbocycles. The molecule has 0 spiro atoms. The van der Waals surface area contributed by atoms with Crippen LogP contribution in [0, 0.1) is 0 Å². The van der Waals surface area contributed by atoms with Gasteiger partial charge in [-0.1, -0.05) is 47.5 Å². The van der Waals surface area contributed by atoms with Gasteiger partial charge in [-0.25, -0.2) is 0 Å². The largest absolute Gasteiger partial charge is 0.379 e. The van der Waals surface area contributed by atoms with Crippen molar-refractivity contribution in [1.82, 2.24) is 4.90 Å². The van der Waals surface area contributed by atoms with Gasteiger partial charge in [0.25, 0.3) is 0 Å². The minimum absolute atomic E-state index is 0.754. The zero-order valence-corrected chi connectivity index (χ0v) is 14.0. The maximum Gasteiger partial charge on any atom is 0.0700 e. The summed E-state index contributed by atoms with van der Waals surface area (Å²) in [5, 5.41) is 0. The zero-order valence-electron chi connectivity index (χ0n) is 14.0. The molecule has 0 bridgehead atoms. The van der Waals surface area contributed by atoms with E-state index in [4.69, 9.17) is 9.47 Å². The predicted molar refractivity (Wildman–Crippen MR) is 84.9 cm³/mol. The Bertz CT molecular complexity index is 123. The van der Waals surface area contributed by atoms with Crippen molar-refractivity contribution in [2.75, 3.05) is 46.1 Å². The van der Waals surface area contributed by atoms with E-state index in [2.05, 4.69) is 39.5 Å². The number of hydrogen-bond donors (Lipinski definition) is 0. The molecule has 3 nitrogen and oxygen atoms in total. The zero-order chi connectivity index (χ0) is 14.8. The van der Waals surface area contributed by atoms with Crippen LogP contribution in [0.5, 0.6) is 0 Å². The molecule has 0 aliphatic rings. The lowest BCUT2D eigenvalue weighted by Crippen LogP contribution is -2.21. The van der Waals surface area contributed by atoms with Crippen molar-refractivity contribution in [2.24, 2.45) is 0 Å². The Morgan fingerprint density at radius 2 is 0.947 bits per heavy atom. The van der Waals surface area contributed by atoms with Gasteiger partial charge in [0.05, 0.1) is 13.2 Å². The average Bonchev–Trinajstić information content (AvgIpc) is 2.44. The van der Waals surface area contributed by atoms with Crippen molar-refractivity contribution < 1.29 is 9.47 Å². The van der Waals surface area contributed by atoms with Crippen molar-refractivity contribution in [1.29, 1.82) is 0 Å². The van der Waals surface area contributed by atoms with E-state index >= 15 is 0 Å². The van der Waals surface area contributed by atoms with Gasteiger partial charge < -0.3 is 14.4 Å². The fourth-order valence-electron chi connectivity index (χ4n) is 1.49. The first-order chi connectivity index (χ1) is 9.26. The first-order valence-electron chi connectivity index (χ1n) is 8.14. The van der Waals surface area contributed by atoms with Crippen molar-refractivity contribution in [3.05, 3.63) is 0 Å². The molecule has 0 aromatic rings. The Hall–Kier alpha value is -0.120. The first kappa shape index (κ1) is 21.2. The van der Waals surface area contributed by atoms with Gasteiger partial charge in [0.1, 0.15) is 0 Å². The molecule has 0 atom stereocenters. The van der Waals surface area contributed by atoms with Gasteiger partial charge in [0, 0.05) is 13.2 Å². The SMILES string of the molecule is CCCCOCCOCCCC.CCN(CC)CC. The third-order valence-electron chi connectivity index (χ3n) is 3.00. The number of ether oxygens (including phenoxy) is 2. The van der Waals surface area contributed by atoms with E-state index in [1.165, 1.54) is 32.5 Å². The molecule has 0 rings (SSSR count). The van der Waals surface area contributed by atoms with Crippen LogP contribution < -0.4 is 0 Å². The molecule has 0 aromatic heterocycles. The maximum absolute atomic E-state index is 5.33. The van der Waals surface area contributed by atoms with Crippen molar-refractivity contribution in [3.63, 3.8) is 0 Å². The lowest BCUT2D eigenvalue weighted by Gasteiger charge is -2.13. The summed E-state index contributed by atoms with van der Waals surface area (Å²) >= 11 is 0. The van der Waals surface area contributed by atoms with Gasteiger partial charge in [-0.2, -0.15) is 0 Å². The van der Waals surface area contributed by atoms with Crippen molar-refractivity contribution in [3.8, 4) is 0 Å². The number of unbranched alkanes of at least 4 members (excludes halogenated alkanes) is 2. The lowest BCUT2D eigenvalue weighted by molar-refractivity contribution is 0.0457. The summed E-state index contributed by atoms with van der Waals surface area (Å²) in [7, 11) is 0. The molecule has 0 heterocycles. The molecule has 0 N–H and O–H groups in total. The van der Waals surface area contributed by atoms with Gasteiger partial charge in [-0.05, 0) is 32.5 Å². The van der Waals surface area contributed by atoms with Crippen LogP contribution in [-0.2, 0) is 9.47 Å². The third-order valence-corrected chi connectivity index (χ3v) is 3.00. The molecule has 0 unspecified atom stereocenters. The second kappa shape index (κ2) is 20.2. The summed E-state index contributed by atoms with van der Waals surface area (Å²) in [6.07, 6.45) is 4.73. The van der Waals surface area contributed by atoms with Crippen LogP contribution in [-0.4, -0.2) is 51.0 Å². The van der Waals surface area contributed by atoms with Gasteiger partial charge in [-0.3, -0.25) is 0 Å². The molecule has 19 heavy (non-hydrogen) atoms. The predicted octanol–water partition coefficient (Wildman–Crippen LogP) is 3.97. The average molecular weight is 275 g/mol. The molecular formula is C16H37NO2. The molecule has 0 amide bonds. The third kappa shape index (κ3) is 20.4. The van der Waals surface area contributed by atoms with Crippen molar-refractivity contribution in [2.45, 2.75) is 60.3 Å². The monoisotopic (exact) mass is 275 g/mol. The van der Waals surface area contributed by atoms with Crippen LogP contribution in [0.3, 0.4) is 0 Å². The van der Waals surface area contributed by atoms with Gasteiger partial charge in [-0.15, -0.1) is 0 Å². The summed E-state index contributed by atoms with van der Waals surface area (Å²) in [5.74, 6) is 0. The van der Waals surface area contributed by atoms with Gasteiger partial charge in [0.15, 0.2) is 0 Å². The van der Waals surface area contributed by atoms with E-state index in [9.17, 15) is 0 Å². The summed E-state index contributed by atoms with van der Waals surface area (Å²) in [6.45, 7) is 17.7. The standard InChI is InChI=1S/C10H22O2.C6H15N/c1-3-5-7-11-9-10-12-8-6-4-2;1-4-7(5-2)6-3/h3-10H2,1-2H3;4-6H2,1-3H3. The highest BCUT2D eigenvalue weighted by Crippen LogP contribution is 1.90. The normalized spacial score (nSPS) is 10.4. The highest BCUT2D eigenvalue weighted by atomic mass is 16.5. The van der Waals surface area contributed by atoms with Gasteiger partial charge in [0.2, 0.25) is 0 Å². The molecule has 0 saturated heterocycles. The summed E-state index contributed by atoms with van der Waals surface area (Å²) in [6, 6.07) is 0. The molecular weight excluding hydrogens is 238 g/mol. The molecule has 0 radical (unpaired) electrons. The summed E-state index contributed by atoms with van der Waals surface area (Å²) in [4.78, 5) is 2.38. The Morgan fingerprint density at radius 3 is 1.16 bits per heavy atom. The maximum atomic E-state index is 5.33. The minimum Gasteiger partial charge on any atom is -0.379 e. The fraction of sp³-hybridized carbons (Fsp3) is 1.00. The van der Waals surface area contributed by atoms with Crippen LogP contribution in [0.15, 0.2) is 0 Å². The molecule has 0 aliphatic heterocycles. The van der Waals surface area contributed by atoms with Crippen LogP contribution in [0.1, 0.15) is 60.3 Å². The quantitative estimate of drug-likeness (QED) is 0.503. The highest BCUT2D eigenvalue weighted by molar-refractivity contribution is 4.43. The molecule has 0 saturated carbocycles. The molecule has 0 aliphatic carbocycles. The van der Waals surface area contributed by atoms with Crippen LogP contribution in [0.4, 0.5) is 0 Å². The van der Waals surface area contributed by atoms with E-state index in [1.54, 1.807) is 0 Å². The van der Waals surface area contributed by atoms with Crippen LogP contribution in [0.2, 0.25) is 0 Å². The number of rotatable bonds is 12. The smallest absolute Gasteiger partial charge is 0.0700 e. The first-order valence-corrected chi connectivity index (χ1v) is 8.14. The Kier molecular flexibility index (Phi) is 22.5. The molecule has 0 fully saturated rings. The highest BCUT2D eigenvalue weighted by Gasteiger charge is 1.89.